The van der Waals surface area contributed by atoms with Crippen LogP contribution in [0, 0.1) is 0 Å². The van der Waals surface area contributed by atoms with E-state index in [0.29, 0.717) is 13.0 Å². The average molecular weight is 184 g/mol. The summed E-state index contributed by atoms with van der Waals surface area (Å²) in [4.78, 5) is 13.2. The molecular formula is C9H16N2O2. The van der Waals surface area contributed by atoms with Crippen LogP contribution in [0.3, 0.4) is 0 Å². The van der Waals surface area contributed by atoms with E-state index in [2.05, 4.69) is 0 Å². The van der Waals surface area contributed by atoms with Gasteiger partial charge in [0.1, 0.15) is 0 Å². The molecular weight excluding hydrogens is 168 g/mol. The van der Waals surface area contributed by atoms with Crippen molar-refractivity contribution in [1.82, 2.24) is 4.90 Å². The number of nitrogens with zero attached hydrogens (tertiary/aromatic N) is 1. The number of nitrogens with two attached hydrogens (primary N) is 1. The average Bonchev–Trinajstić information content (AvgIpc) is 2.58. The lowest BCUT2D eigenvalue weighted by atomic mass is 10.2. The van der Waals surface area contributed by atoms with E-state index in [-0.39, 0.29) is 24.1 Å². The Hall–Kier alpha value is -0.610. The van der Waals surface area contributed by atoms with Gasteiger partial charge in [-0.05, 0) is 19.3 Å². The minimum absolute atomic E-state index is 0.0275. The van der Waals surface area contributed by atoms with Crippen molar-refractivity contribution in [2.75, 3.05) is 6.54 Å². The molecule has 0 radical (unpaired) electrons. The van der Waals surface area contributed by atoms with Gasteiger partial charge in [0, 0.05) is 19.0 Å². The van der Waals surface area contributed by atoms with Gasteiger partial charge in [-0.2, -0.15) is 0 Å². The van der Waals surface area contributed by atoms with Gasteiger partial charge >= 0.3 is 0 Å². The number of likely N-dealkylation sites (tertiary alicyclic amines) is 1. The molecule has 0 aromatic carbocycles. The zero-order valence-electron chi connectivity index (χ0n) is 7.65. The second kappa shape index (κ2) is 3.27. The third-order valence-electron chi connectivity index (χ3n) is 3.03. The molecule has 1 saturated heterocycles. The van der Waals surface area contributed by atoms with E-state index in [0.717, 1.165) is 19.3 Å². The molecule has 0 aromatic rings. The molecule has 4 heteroatoms. The topological polar surface area (TPSA) is 66.6 Å². The van der Waals surface area contributed by atoms with Gasteiger partial charge in [-0.1, -0.05) is 0 Å². The van der Waals surface area contributed by atoms with Crippen LogP contribution in [-0.2, 0) is 4.79 Å². The molecule has 3 N–H and O–H groups in total. The SMILES string of the molecule is NC1CC(=O)N(C2CCCC2O)C1. The van der Waals surface area contributed by atoms with Crippen molar-refractivity contribution in [2.24, 2.45) is 5.73 Å². The Morgan fingerprint density at radius 2 is 2.23 bits per heavy atom. The fourth-order valence-corrected chi connectivity index (χ4v) is 2.37. The fourth-order valence-electron chi connectivity index (χ4n) is 2.37. The van der Waals surface area contributed by atoms with Crippen LogP contribution in [0.2, 0.25) is 0 Å². The third-order valence-corrected chi connectivity index (χ3v) is 3.03. The lowest BCUT2D eigenvalue weighted by Crippen LogP contribution is -2.42. The number of amides is 1. The first kappa shape index (κ1) is 8.97. The molecule has 2 fully saturated rings. The summed E-state index contributed by atoms with van der Waals surface area (Å²) in [6, 6.07) is 0.0151. The van der Waals surface area contributed by atoms with Gasteiger partial charge in [-0.25, -0.2) is 0 Å². The lowest BCUT2D eigenvalue weighted by Gasteiger charge is -2.26. The molecule has 1 heterocycles. The first-order valence-electron chi connectivity index (χ1n) is 4.91. The van der Waals surface area contributed by atoms with E-state index in [1.165, 1.54) is 0 Å². The number of carbonyl (C=O) groups is 1. The first-order chi connectivity index (χ1) is 6.18. The normalized spacial score (nSPS) is 40.3. The molecule has 74 valence electrons. The molecule has 1 aliphatic carbocycles. The molecule has 2 aliphatic rings. The maximum Gasteiger partial charge on any atom is 0.224 e. The number of carbonyl (C=O) groups excluding carboxylic acids is 1. The van der Waals surface area contributed by atoms with Crippen LogP contribution in [0.25, 0.3) is 0 Å². The molecule has 3 unspecified atom stereocenters. The van der Waals surface area contributed by atoms with E-state index in [4.69, 9.17) is 5.73 Å². The van der Waals surface area contributed by atoms with Crippen molar-refractivity contribution >= 4 is 5.91 Å². The second-order valence-electron chi connectivity index (χ2n) is 4.08. The van der Waals surface area contributed by atoms with E-state index in [1.807, 2.05) is 0 Å². The van der Waals surface area contributed by atoms with Crippen LogP contribution in [0.1, 0.15) is 25.7 Å². The number of rotatable bonds is 1. The Morgan fingerprint density at radius 1 is 1.46 bits per heavy atom. The monoisotopic (exact) mass is 184 g/mol. The van der Waals surface area contributed by atoms with Crippen LogP contribution in [0.15, 0.2) is 0 Å². The molecule has 1 saturated carbocycles. The lowest BCUT2D eigenvalue weighted by molar-refractivity contribution is -0.131. The number of aliphatic hydroxyl groups is 1. The summed E-state index contributed by atoms with van der Waals surface area (Å²) in [6.07, 6.45) is 2.89. The molecule has 3 atom stereocenters. The van der Waals surface area contributed by atoms with Gasteiger partial charge < -0.3 is 15.7 Å². The maximum atomic E-state index is 11.5. The smallest absolute Gasteiger partial charge is 0.224 e. The van der Waals surface area contributed by atoms with Crippen LogP contribution in [0.4, 0.5) is 0 Å². The summed E-state index contributed by atoms with van der Waals surface area (Å²) in [5, 5.41) is 9.62. The summed E-state index contributed by atoms with van der Waals surface area (Å²) >= 11 is 0. The summed E-state index contributed by atoms with van der Waals surface area (Å²) in [5.41, 5.74) is 5.68. The van der Waals surface area contributed by atoms with Crippen molar-refractivity contribution in [1.29, 1.82) is 0 Å². The van der Waals surface area contributed by atoms with Crippen molar-refractivity contribution in [3.63, 3.8) is 0 Å². The van der Waals surface area contributed by atoms with Crippen molar-refractivity contribution in [3.8, 4) is 0 Å². The predicted molar refractivity (Wildman–Crippen MR) is 48.0 cm³/mol. The number of hydrogen-bond donors (Lipinski definition) is 2. The summed E-state index contributed by atoms with van der Waals surface area (Å²) < 4.78 is 0. The molecule has 1 aliphatic heterocycles. The van der Waals surface area contributed by atoms with E-state index < -0.39 is 0 Å². The van der Waals surface area contributed by atoms with Gasteiger partial charge in [0.25, 0.3) is 0 Å². The van der Waals surface area contributed by atoms with Gasteiger partial charge in [0.2, 0.25) is 5.91 Å². The second-order valence-corrected chi connectivity index (χ2v) is 4.08. The fraction of sp³-hybridized carbons (Fsp3) is 0.889. The van der Waals surface area contributed by atoms with Gasteiger partial charge in [0.05, 0.1) is 12.1 Å². The van der Waals surface area contributed by atoms with Crippen LogP contribution < -0.4 is 5.73 Å². The Morgan fingerprint density at radius 3 is 2.69 bits per heavy atom. The van der Waals surface area contributed by atoms with Gasteiger partial charge in [-0.3, -0.25) is 4.79 Å². The van der Waals surface area contributed by atoms with E-state index in [9.17, 15) is 9.90 Å². The minimum atomic E-state index is -0.325. The zero-order chi connectivity index (χ0) is 9.42. The molecule has 0 bridgehead atoms. The zero-order valence-corrected chi connectivity index (χ0v) is 7.65. The molecule has 13 heavy (non-hydrogen) atoms. The highest BCUT2D eigenvalue weighted by molar-refractivity contribution is 5.79. The van der Waals surface area contributed by atoms with Crippen molar-refractivity contribution in [2.45, 2.75) is 43.9 Å². The Balaban J connectivity index is 2.04. The quantitative estimate of drug-likeness (QED) is 0.575. The van der Waals surface area contributed by atoms with Crippen molar-refractivity contribution < 1.29 is 9.90 Å². The van der Waals surface area contributed by atoms with Crippen LogP contribution >= 0.6 is 0 Å². The highest BCUT2D eigenvalue weighted by Gasteiger charge is 2.38. The van der Waals surface area contributed by atoms with E-state index >= 15 is 0 Å². The summed E-state index contributed by atoms with van der Waals surface area (Å²) in [7, 11) is 0. The molecule has 0 aromatic heterocycles. The van der Waals surface area contributed by atoms with Crippen LogP contribution in [-0.4, -0.2) is 40.6 Å². The van der Waals surface area contributed by atoms with Gasteiger partial charge in [-0.15, -0.1) is 0 Å². The predicted octanol–water partition coefficient (Wildman–Crippen LogP) is -0.541. The molecule has 2 rings (SSSR count). The molecule has 1 amide bonds. The van der Waals surface area contributed by atoms with Crippen LogP contribution in [0.5, 0.6) is 0 Å². The first-order valence-corrected chi connectivity index (χ1v) is 4.91. The minimum Gasteiger partial charge on any atom is -0.391 e. The highest BCUT2D eigenvalue weighted by Crippen LogP contribution is 2.27. The number of aliphatic hydroxyl groups excluding tert-OH is 1. The molecule has 0 spiro atoms. The molecule has 4 nitrogen and oxygen atoms in total. The maximum absolute atomic E-state index is 11.5. The number of hydrogen-bond acceptors (Lipinski definition) is 3. The largest absolute Gasteiger partial charge is 0.391 e. The standard InChI is InChI=1S/C9H16N2O2/c10-6-4-9(13)11(5-6)7-2-1-3-8(7)12/h6-8,12H,1-5,10H2. The third kappa shape index (κ3) is 1.56. The van der Waals surface area contributed by atoms with E-state index in [1.54, 1.807) is 4.90 Å². The summed E-state index contributed by atoms with van der Waals surface area (Å²) in [6.45, 7) is 0.626. The summed E-state index contributed by atoms with van der Waals surface area (Å²) in [5.74, 6) is 0.110. The Labute approximate surface area is 77.7 Å². The Kier molecular flexibility index (Phi) is 2.26. The highest BCUT2D eigenvalue weighted by atomic mass is 16.3. The Bertz CT molecular complexity index is 220. The van der Waals surface area contributed by atoms with Gasteiger partial charge in [0.15, 0.2) is 0 Å². The van der Waals surface area contributed by atoms with Crippen molar-refractivity contribution in [3.05, 3.63) is 0 Å².